The number of rotatable bonds is 4. The molecule has 0 saturated carbocycles. The Hall–Kier alpha value is -0.720. The zero-order valence-corrected chi connectivity index (χ0v) is 14.0. The fraction of sp³-hybridized carbons (Fsp3) is 0.385. The van der Waals surface area contributed by atoms with Gasteiger partial charge in [-0.2, -0.15) is 5.10 Å². The maximum absolute atomic E-state index is 6.28. The number of halogens is 2. The van der Waals surface area contributed by atoms with Crippen molar-refractivity contribution in [3.8, 4) is 0 Å². The number of hydrogen-bond donors (Lipinski definition) is 1. The summed E-state index contributed by atoms with van der Waals surface area (Å²) in [6.45, 7) is 4.17. The summed E-state index contributed by atoms with van der Waals surface area (Å²) in [7, 11) is 0. The molecule has 2 rings (SSSR count). The zero-order chi connectivity index (χ0) is 14.0. The Balaban J connectivity index is 2.21. The molecule has 0 saturated heterocycles. The SMILES string of the molecule is CC(C)n1ncnc1CC(N)c1ccc(Br)cc1Br. The van der Waals surface area contributed by atoms with Crippen molar-refractivity contribution >= 4 is 31.9 Å². The van der Waals surface area contributed by atoms with E-state index in [0.29, 0.717) is 6.42 Å². The van der Waals surface area contributed by atoms with Gasteiger partial charge in [-0.3, -0.25) is 0 Å². The fourth-order valence-corrected chi connectivity index (χ4v) is 3.30. The first-order valence-corrected chi connectivity index (χ1v) is 7.66. The van der Waals surface area contributed by atoms with Gasteiger partial charge in [0.25, 0.3) is 0 Å². The van der Waals surface area contributed by atoms with Gasteiger partial charge >= 0.3 is 0 Å². The van der Waals surface area contributed by atoms with Crippen LogP contribution in [0.2, 0.25) is 0 Å². The van der Waals surface area contributed by atoms with Crippen LogP contribution >= 0.6 is 31.9 Å². The second-order valence-electron chi connectivity index (χ2n) is 4.69. The van der Waals surface area contributed by atoms with E-state index in [1.807, 2.05) is 22.9 Å². The zero-order valence-electron chi connectivity index (χ0n) is 10.8. The lowest BCUT2D eigenvalue weighted by molar-refractivity contribution is 0.493. The molecule has 0 aliphatic carbocycles. The molecule has 2 N–H and O–H groups in total. The number of nitrogens with two attached hydrogens (primary N) is 1. The third-order valence-electron chi connectivity index (χ3n) is 2.90. The summed E-state index contributed by atoms with van der Waals surface area (Å²) in [5.74, 6) is 0.914. The molecule has 0 bridgehead atoms. The maximum Gasteiger partial charge on any atom is 0.138 e. The lowest BCUT2D eigenvalue weighted by Crippen LogP contribution is -2.18. The summed E-state index contributed by atoms with van der Waals surface area (Å²) in [5, 5.41) is 4.23. The highest BCUT2D eigenvalue weighted by Gasteiger charge is 2.15. The Bertz CT molecular complexity index is 566. The normalized spacial score (nSPS) is 12.9. The molecule has 1 atom stereocenters. The van der Waals surface area contributed by atoms with Gasteiger partial charge in [-0.15, -0.1) is 0 Å². The second-order valence-corrected chi connectivity index (χ2v) is 6.46. The van der Waals surface area contributed by atoms with E-state index in [2.05, 4.69) is 55.8 Å². The van der Waals surface area contributed by atoms with E-state index in [-0.39, 0.29) is 12.1 Å². The first kappa shape index (κ1) is 14.7. The standard InChI is InChI=1S/C13H16Br2N4/c1-8(2)19-13(17-7-18-19)6-12(16)10-4-3-9(14)5-11(10)15/h3-5,7-8,12H,6,16H2,1-2H3. The summed E-state index contributed by atoms with van der Waals surface area (Å²) < 4.78 is 3.94. The maximum atomic E-state index is 6.28. The number of aromatic nitrogens is 3. The lowest BCUT2D eigenvalue weighted by Gasteiger charge is -2.15. The minimum absolute atomic E-state index is 0.107. The summed E-state index contributed by atoms with van der Waals surface area (Å²) in [6, 6.07) is 6.20. The molecule has 1 aromatic carbocycles. The Morgan fingerprint density at radius 2 is 2.05 bits per heavy atom. The molecule has 1 aromatic heterocycles. The van der Waals surface area contributed by atoms with E-state index in [9.17, 15) is 0 Å². The van der Waals surface area contributed by atoms with Crippen LogP contribution in [0, 0.1) is 0 Å². The third kappa shape index (κ3) is 3.43. The van der Waals surface area contributed by atoms with Crippen molar-refractivity contribution in [2.45, 2.75) is 32.4 Å². The highest BCUT2D eigenvalue weighted by Crippen LogP contribution is 2.27. The number of benzene rings is 1. The summed E-state index contributed by atoms with van der Waals surface area (Å²) in [5.41, 5.74) is 7.35. The average molecular weight is 388 g/mol. The molecule has 0 aliphatic heterocycles. The summed E-state index contributed by atoms with van der Waals surface area (Å²) >= 11 is 6.99. The second kappa shape index (κ2) is 6.15. The fourth-order valence-electron chi connectivity index (χ4n) is 1.96. The average Bonchev–Trinajstić information content (AvgIpc) is 2.76. The van der Waals surface area contributed by atoms with E-state index in [4.69, 9.17) is 5.73 Å². The summed E-state index contributed by atoms with van der Waals surface area (Å²) in [4.78, 5) is 4.30. The molecule has 1 unspecified atom stereocenters. The van der Waals surface area contributed by atoms with Crippen molar-refractivity contribution in [1.29, 1.82) is 0 Å². The third-order valence-corrected chi connectivity index (χ3v) is 4.08. The molecule has 0 radical (unpaired) electrons. The van der Waals surface area contributed by atoms with Crippen molar-refractivity contribution in [3.63, 3.8) is 0 Å². The van der Waals surface area contributed by atoms with E-state index < -0.39 is 0 Å². The van der Waals surface area contributed by atoms with Gasteiger partial charge in [-0.25, -0.2) is 9.67 Å². The monoisotopic (exact) mass is 386 g/mol. The van der Waals surface area contributed by atoms with Crippen LogP contribution in [-0.4, -0.2) is 14.8 Å². The molecular weight excluding hydrogens is 372 g/mol. The molecule has 6 heteroatoms. The van der Waals surface area contributed by atoms with Crippen molar-refractivity contribution in [1.82, 2.24) is 14.8 Å². The van der Waals surface area contributed by atoms with Crippen LogP contribution in [0.1, 0.15) is 37.3 Å². The van der Waals surface area contributed by atoms with Crippen LogP contribution in [0.3, 0.4) is 0 Å². The van der Waals surface area contributed by atoms with E-state index in [0.717, 1.165) is 20.3 Å². The van der Waals surface area contributed by atoms with Crippen LogP contribution in [0.4, 0.5) is 0 Å². The number of hydrogen-bond acceptors (Lipinski definition) is 3. The Labute approximate surface area is 129 Å². The minimum Gasteiger partial charge on any atom is -0.324 e. The minimum atomic E-state index is -0.107. The van der Waals surface area contributed by atoms with Crippen LogP contribution in [0.5, 0.6) is 0 Å². The predicted octanol–water partition coefficient (Wildman–Crippen LogP) is 3.63. The Morgan fingerprint density at radius 1 is 1.32 bits per heavy atom. The topological polar surface area (TPSA) is 56.7 Å². The molecule has 2 aromatic rings. The van der Waals surface area contributed by atoms with Crippen LogP contribution < -0.4 is 5.73 Å². The number of nitrogens with zero attached hydrogens (tertiary/aromatic N) is 3. The molecule has 0 spiro atoms. The van der Waals surface area contributed by atoms with Gasteiger partial charge in [0.1, 0.15) is 12.2 Å². The first-order valence-electron chi connectivity index (χ1n) is 6.08. The Kier molecular flexibility index (Phi) is 4.76. The van der Waals surface area contributed by atoms with E-state index >= 15 is 0 Å². The quantitative estimate of drug-likeness (QED) is 0.871. The van der Waals surface area contributed by atoms with Gasteiger partial charge in [0, 0.05) is 27.4 Å². The molecule has 0 aliphatic rings. The highest BCUT2D eigenvalue weighted by molar-refractivity contribution is 9.11. The first-order chi connectivity index (χ1) is 8.99. The van der Waals surface area contributed by atoms with Gasteiger partial charge in [-0.1, -0.05) is 37.9 Å². The van der Waals surface area contributed by atoms with Crippen molar-refractivity contribution in [3.05, 3.63) is 44.9 Å². The van der Waals surface area contributed by atoms with E-state index in [1.165, 1.54) is 0 Å². The molecular formula is C13H16Br2N4. The van der Waals surface area contributed by atoms with Crippen molar-refractivity contribution in [2.24, 2.45) is 5.73 Å². The van der Waals surface area contributed by atoms with Crippen LogP contribution in [0.15, 0.2) is 33.5 Å². The molecule has 0 amide bonds. The molecule has 19 heavy (non-hydrogen) atoms. The molecule has 102 valence electrons. The molecule has 4 nitrogen and oxygen atoms in total. The smallest absolute Gasteiger partial charge is 0.138 e. The van der Waals surface area contributed by atoms with Gasteiger partial charge < -0.3 is 5.73 Å². The summed E-state index contributed by atoms with van der Waals surface area (Å²) in [6.07, 6.45) is 2.25. The molecule has 1 heterocycles. The largest absolute Gasteiger partial charge is 0.324 e. The van der Waals surface area contributed by atoms with Crippen molar-refractivity contribution < 1.29 is 0 Å². The van der Waals surface area contributed by atoms with E-state index in [1.54, 1.807) is 6.33 Å². The van der Waals surface area contributed by atoms with Gasteiger partial charge in [0.05, 0.1) is 0 Å². The highest BCUT2D eigenvalue weighted by atomic mass is 79.9. The predicted molar refractivity (Wildman–Crippen MR) is 82.9 cm³/mol. The lowest BCUT2D eigenvalue weighted by atomic mass is 10.0. The molecule has 0 fully saturated rings. The van der Waals surface area contributed by atoms with Crippen LogP contribution in [-0.2, 0) is 6.42 Å². The van der Waals surface area contributed by atoms with Gasteiger partial charge in [0.2, 0.25) is 0 Å². The Morgan fingerprint density at radius 3 is 2.68 bits per heavy atom. The van der Waals surface area contributed by atoms with Crippen molar-refractivity contribution in [2.75, 3.05) is 0 Å². The van der Waals surface area contributed by atoms with Gasteiger partial charge in [-0.05, 0) is 31.5 Å². The van der Waals surface area contributed by atoms with Crippen LogP contribution in [0.25, 0.3) is 0 Å². The van der Waals surface area contributed by atoms with Gasteiger partial charge in [0.15, 0.2) is 0 Å².